The molecule has 3 rings (SSSR count). The zero-order valence-corrected chi connectivity index (χ0v) is 11.2. The van der Waals surface area contributed by atoms with Gasteiger partial charge in [0.25, 0.3) is 11.6 Å². The Kier molecular flexibility index (Phi) is 3.41. The van der Waals surface area contributed by atoms with Gasteiger partial charge in [-0.25, -0.2) is 0 Å². The second kappa shape index (κ2) is 5.36. The van der Waals surface area contributed by atoms with E-state index in [1.54, 1.807) is 0 Å². The van der Waals surface area contributed by atoms with Gasteiger partial charge in [-0.3, -0.25) is 4.79 Å². The maximum Gasteiger partial charge on any atom is 0.295 e. The number of nitrogens with zero attached hydrogens (tertiary/aromatic N) is 2. The van der Waals surface area contributed by atoms with Gasteiger partial charge in [0.1, 0.15) is 5.76 Å². The van der Waals surface area contributed by atoms with Crippen molar-refractivity contribution >= 4 is 11.7 Å². The van der Waals surface area contributed by atoms with Crippen LogP contribution in [0.3, 0.4) is 0 Å². The summed E-state index contributed by atoms with van der Waals surface area (Å²) in [4.78, 5) is 17.2. The predicted octanol–water partition coefficient (Wildman–Crippen LogP) is 2.27. The Morgan fingerprint density at radius 3 is 2.45 bits per heavy atom. The fourth-order valence-electron chi connectivity index (χ4n) is 2.55. The Labute approximate surface area is 117 Å². The van der Waals surface area contributed by atoms with Gasteiger partial charge in [-0.05, 0) is 43.5 Å². The molecule has 0 bridgehead atoms. The minimum atomic E-state index is -0.385. The lowest BCUT2D eigenvalue weighted by Gasteiger charge is -2.28. The van der Waals surface area contributed by atoms with Gasteiger partial charge in [0.15, 0.2) is 0 Å². The fourth-order valence-corrected chi connectivity index (χ4v) is 2.55. The molecule has 1 aromatic heterocycles. The highest BCUT2D eigenvalue weighted by atomic mass is 16.4. The highest BCUT2D eigenvalue weighted by molar-refractivity contribution is 5.62. The van der Waals surface area contributed by atoms with E-state index in [0.29, 0.717) is 5.76 Å². The summed E-state index contributed by atoms with van der Waals surface area (Å²) in [5, 5.41) is 0. The number of piperidine rings is 1. The average molecular weight is 271 g/mol. The molecule has 2 aromatic rings. The maximum atomic E-state index is 11.3. The van der Waals surface area contributed by atoms with Crippen molar-refractivity contribution in [3.8, 4) is 11.3 Å². The summed E-state index contributed by atoms with van der Waals surface area (Å²) in [5.74, 6) is 0.452. The van der Waals surface area contributed by atoms with Crippen molar-refractivity contribution in [2.24, 2.45) is 0 Å². The van der Waals surface area contributed by atoms with Crippen LogP contribution in [-0.4, -0.2) is 18.1 Å². The number of anilines is 2. The summed E-state index contributed by atoms with van der Waals surface area (Å²) in [6.45, 7) is 2.22. The minimum Gasteiger partial charge on any atom is -0.425 e. The van der Waals surface area contributed by atoms with Gasteiger partial charge in [0, 0.05) is 30.4 Å². The molecular formula is C15H17N3O2. The van der Waals surface area contributed by atoms with Crippen molar-refractivity contribution < 1.29 is 4.42 Å². The lowest BCUT2D eigenvalue weighted by molar-refractivity contribution is 0.563. The van der Waals surface area contributed by atoms with Crippen LogP contribution < -0.4 is 16.2 Å². The molecule has 1 saturated heterocycles. The first-order valence-electron chi connectivity index (χ1n) is 6.85. The maximum absolute atomic E-state index is 11.3. The molecule has 1 aromatic carbocycles. The van der Waals surface area contributed by atoms with Crippen LogP contribution in [0.2, 0.25) is 0 Å². The Bertz CT molecular complexity index is 643. The smallest absolute Gasteiger partial charge is 0.295 e. The molecule has 0 unspecified atom stereocenters. The third-order valence-corrected chi connectivity index (χ3v) is 3.56. The summed E-state index contributed by atoms with van der Waals surface area (Å²) < 4.78 is 5.28. The van der Waals surface area contributed by atoms with Crippen molar-refractivity contribution in [2.45, 2.75) is 19.3 Å². The van der Waals surface area contributed by atoms with E-state index in [2.05, 4.69) is 22.0 Å². The molecule has 1 aliphatic rings. The molecule has 0 saturated carbocycles. The van der Waals surface area contributed by atoms with E-state index in [4.69, 9.17) is 10.2 Å². The van der Waals surface area contributed by atoms with Crippen LogP contribution in [0, 0.1) is 0 Å². The third kappa shape index (κ3) is 2.66. The predicted molar refractivity (Wildman–Crippen MR) is 78.7 cm³/mol. The molecule has 0 spiro atoms. The van der Waals surface area contributed by atoms with Gasteiger partial charge < -0.3 is 15.1 Å². The quantitative estimate of drug-likeness (QED) is 0.907. The monoisotopic (exact) mass is 271 g/mol. The van der Waals surface area contributed by atoms with Crippen LogP contribution >= 0.6 is 0 Å². The zero-order valence-electron chi connectivity index (χ0n) is 11.2. The second-order valence-corrected chi connectivity index (χ2v) is 4.99. The number of hydrogen-bond donors (Lipinski definition) is 1. The van der Waals surface area contributed by atoms with Crippen LogP contribution in [0.15, 0.2) is 39.5 Å². The van der Waals surface area contributed by atoms with E-state index in [0.717, 1.165) is 18.7 Å². The van der Waals surface area contributed by atoms with Gasteiger partial charge in [-0.1, -0.05) is 0 Å². The first kappa shape index (κ1) is 12.7. The molecule has 1 fully saturated rings. The van der Waals surface area contributed by atoms with Crippen molar-refractivity contribution in [2.75, 3.05) is 23.7 Å². The molecule has 1 aliphatic heterocycles. The van der Waals surface area contributed by atoms with Crippen molar-refractivity contribution in [1.29, 1.82) is 0 Å². The zero-order chi connectivity index (χ0) is 13.9. The largest absolute Gasteiger partial charge is 0.425 e. The number of rotatable bonds is 2. The van der Waals surface area contributed by atoms with E-state index in [9.17, 15) is 4.79 Å². The first-order valence-corrected chi connectivity index (χ1v) is 6.85. The summed E-state index contributed by atoms with van der Waals surface area (Å²) in [6.07, 6.45) is 3.81. The summed E-state index contributed by atoms with van der Waals surface area (Å²) >= 11 is 0. The fraction of sp³-hybridized carbons (Fsp3) is 0.333. The van der Waals surface area contributed by atoms with Crippen LogP contribution in [-0.2, 0) is 0 Å². The molecule has 2 heterocycles. The van der Waals surface area contributed by atoms with E-state index >= 15 is 0 Å². The number of hydrogen-bond acceptors (Lipinski definition) is 5. The van der Waals surface area contributed by atoms with Crippen molar-refractivity contribution in [3.05, 3.63) is 40.7 Å². The van der Waals surface area contributed by atoms with E-state index in [-0.39, 0.29) is 11.6 Å². The standard InChI is InChI=1S/C15H17N3O2/c16-15-17-14(19)10-13(20-15)11-4-6-12(7-5-11)18-8-2-1-3-9-18/h4-7,10H,1-3,8-9H2,(H2,16,17,19). The number of nitrogens with two attached hydrogens (primary N) is 1. The molecular weight excluding hydrogens is 254 g/mol. The highest BCUT2D eigenvalue weighted by Crippen LogP contribution is 2.24. The lowest BCUT2D eigenvalue weighted by Crippen LogP contribution is -2.29. The van der Waals surface area contributed by atoms with Crippen molar-refractivity contribution in [1.82, 2.24) is 4.98 Å². The Morgan fingerprint density at radius 2 is 1.80 bits per heavy atom. The van der Waals surface area contributed by atoms with E-state index in [1.165, 1.54) is 31.0 Å². The SMILES string of the molecule is Nc1nc(=O)cc(-c2ccc(N3CCCCC3)cc2)o1. The minimum absolute atomic E-state index is 0.104. The van der Waals surface area contributed by atoms with Gasteiger partial charge in [0.2, 0.25) is 0 Å². The molecule has 0 radical (unpaired) electrons. The molecule has 104 valence electrons. The van der Waals surface area contributed by atoms with Crippen LogP contribution in [0.25, 0.3) is 11.3 Å². The van der Waals surface area contributed by atoms with Crippen LogP contribution in [0.4, 0.5) is 11.7 Å². The molecule has 0 aliphatic carbocycles. The summed E-state index contributed by atoms with van der Waals surface area (Å²) in [6, 6.07) is 9.25. The Hall–Kier alpha value is -2.30. The molecule has 5 nitrogen and oxygen atoms in total. The molecule has 5 heteroatoms. The van der Waals surface area contributed by atoms with Gasteiger partial charge in [-0.2, -0.15) is 4.98 Å². The van der Waals surface area contributed by atoms with Crippen LogP contribution in [0.5, 0.6) is 0 Å². The van der Waals surface area contributed by atoms with Gasteiger partial charge in [0.05, 0.1) is 0 Å². The Morgan fingerprint density at radius 1 is 1.10 bits per heavy atom. The molecule has 0 atom stereocenters. The highest BCUT2D eigenvalue weighted by Gasteiger charge is 2.11. The van der Waals surface area contributed by atoms with Gasteiger partial charge in [-0.15, -0.1) is 0 Å². The molecule has 0 amide bonds. The first-order chi connectivity index (χ1) is 9.72. The number of benzene rings is 1. The second-order valence-electron chi connectivity index (χ2n) is 4.99. The topological polar surface area (TPSA) is 72.4 Å². The summed E-state index contributed by atoms with van der Waals surface area (Å²) in [5.41, 5.74) is 7.11. The number of nitrogen functional groups attached to an aromatic ring is 1. The summed E-state index contributed by atoms with van der Waals surface area (Å²) in [7, 11) is 0. The normalized spacial score (nSPS) is 15.3. The van der Waals surface area contributed by atoms with Crippen molar-refractivity contribution in [3.63, 3.8) is 0 Å². The lowest BCUT2D eigenvalue weighted by atomic mass is 10.1. The Balaban J connectivity index is 1.86. The molecule has 20 heavy (non-hydrogen) atoms. The average Bonchev–Trinajstić information content (AvgIpc) is 2.47. The van der Waals surface area contributed by atoms with E-state index in [1.807, 2.05) is 12.1 Å². The molecule has 2 N–H and O–H groups in total. The third-order valence-electron chi connectivity index (χ3n) is 3.56. The van der Waals surface area contributed by atoms with E-state index < -0.39 is 0 Å². The van der Waals surface area contributed by atoms with Gasteiger partial charge >= 0.3 is 0 Å². The van der Waals surface area contributed by atoms with Crippen LogP contribution in [0.1, 0.15) is 19.3 Å². The number of aromatic nitrogens is 1.